The lowest BCUT2D eigenvalue weighted by Gasteiger charge is -2.41. The van der Waals surface area contributed by atoms with Crippen LogP contribution in [0.2, 0.25) is 0 Å². The summed E-state index contributed by atoms with van der Waals surface area (Å²) in [6, 6.07) is 6.80. The number of likely N-dealkylation sites (tertiary alicyclic amines) is 1. The van der Waals surface area contributed by atoms with Crippen molar-refractivity contribution < 1.29 is 127 Å². The van der Waals surface area contributed by atoms with Crippen molar-refractivity contribution in [1.29, 1.82) is 0 Å². The number of carbonyl (C=O) groups excluding carboxylic acids is 10. The van der Waals surface area contributed by atoms with Crippen LogP contribution >= 0.6 is 0 Å². The van der Waals surface area contributed by atoms with E-state index in [4.69, 9.17) is 33.2 Å². The molecule has 0 spiro atoms. The highest BCUT2D eigenvalue weighted by molar-refractivity contribution is 6.14. The van der Waals surface area contributed by atoms with E-state index in [1.54, 1.807) is 97.7 Å². The maximum Gasteiger partial charge on any atom is 0.410 e. The van der Waals surface area contributed by atoms with Gasteiger partial charge in [0.05, 0.1) is 55.9 Å². The number of benzene rings is 2. The summed E-state index contributed by atoms with van der Waals surface area (Å²) in [5.74, 6) is -10.7. The largest absolute Gasteiger partial charge is 0.479 e. The van der Waals surface area contributed by atoms with Crippen LogP contribution in [0.15, 0.2) is 66.7 Å². The quantitative estimate of drug-likeness (QED) is 0.0353. The van der Waals surface area contributed by atoms with Crippen molar-refractivity contribution in [3.63, 3.8) is 0 Å². The molecule has 3 fully saturated rings. The van der Waals surface area contributed by atoms with Gasteiger partial charge in [-0.2, -0.15) is 0 Å². The van der Waals surface area contributed by atoms with Gasteiger partial charge in [0.2, 0.25) is 41.4 Å². The number of amides is 10. The minimum Gasteiger partial charge on any atom is -0.479 e. The highest BCUT2D eigenvalue weighted by Crippen LogP contribution is 2.34. The first-order chi connectivity index (χ1) is 50.9. The molecule has 10 amide bonds. The number of carboxylic acid groups (broad SMARTS) is 1. The summed E-state index contributed by atoms with van der Waals surface area (Å²) in [5, 5.41) is 95.9. The second-order valence-corrected chi connectivity index (χ2v) is 28.8. The predicted octanol–water partition coefficient (Wildman–Crippen LogP) is -1.20. The average Bonchev–Trinajstić information content (AvgIpc) is 1.19. The lowest BCUT2D eigenvalue weighted by Crippen LogP contribution is -2.61. The van der Waals surface area contributed by atoms with Crippen LogP contribution < -0.4 is 26.6 Å². The summed E-state index contributed by atoms with van der Waals surface area (Å²) < 4.78 is 40.4. The Morgan fingerprint density at radius 2 is 1.28 bits per heavy atom. The fourth-order valence-corrected chi connectivity index (χ4v) is 13.7. The maximum atomic E-state index is 15.0. The Hall–Kier alpha value is -8.17. The van der Waals surface area contributed by atoms with Crippen molar-refractivity contribution in [1.82, 2.24) is 40.9 Å². The Balaban J connectivity index is 1.08. The number of carbonyl (C=O) groups is 11. The van der Waals surface area contributed by atoms with Crippen LogP contribution in [-0.4, -0.2) is 296 Å². The molecule has 35 heteroatoms. The van der Waals surface area contributed by atoms with E-state index in [9.17, 15) is 93.6 Å². The third-order valence-corrected chi connectivity index (χ3v) is 20.1. The number of nitrogens with one attached hydrogen (secondary N) is 5. The van der Waals surface area contributed by atoms with Crippen molar-refractivity contribution >= 4 is 70.9 Å². The van der Waals surface area contributed by atoms with E-state index in [1.807, 2.05) is 13.8 Å². The number of imide groups is 1. The summed E-state index contributed by atoms with van der Waals surface area (Å²) in [7, 11) is 5.81. The number of methoxy groups -OCH3 is 2. The van der Waals surface area contributed by atoms with Gasteiger partial charge in [-0.25, -0.2) is 9.59 Å². The lowest BCUT2D eigenvalue weighted by molar-refractivity contribution is -0.307. The Morgan fingerprint density at radius 1 is 0.667 bits per heavy atom. The van der Waals surface area contributed by atoms with Crippen molar-refractivity contribution in [2.24, 2.45) is 29.6 Å². The fraction of sp³-hybridized carbons (Fsp3) is 0.658. The number of anilines is 1. The number of aliphatic hydroxyl groups is 7. The number of aliphatic hydroxyl groups excluding tert-OH is 7. The monoisotopic (exact) mass is 1530 g/mol. The van der Waals surface area contributed by atoms with E-state index in [0.29, 0.717) is 41.8 Å². The van der Waals surface area contributed by atoms with E-state index in [1.165, 1.54) is 50.4 Å². The van der Waals surface area contributed by atoms with E-state index < -0.39 is 225 Å². The molecule has 2 aromatic rings. The van der Waals surface area contributed by atoms with Gasteiger partial charge in [0.1, 0.15) is 86.2 Å². The smallest absolute Gasteiger partial charge is 0.410 e. The summed E-state index contributed by atoms with van der Waals surface area (Å²) >= 11 is 0. The third-order valence-electron chi connectivity index (χ3n) is 20.1. The van der Waals surface area contributed by atoms with E-state index in [-0.39, 0.29) is 30.5 Å². The molecule has 0 aliphatic carbocycles. The molecule has 35 nitrogen and oxygen atoms in total. The van der Waals surface area contributed by atoms with Crippen molar-refractivity contribution in [3.05, 3.63) is 77.9 Å². The molecule has 4 heterocycles. The van der Waals surface area contributed by atoms with Gasteiger partial charge in [0.15, 0.2) is 18.7 Å². The maximum absolute atomic E-state index is 15.0. The molecule has 0 saturated carbocycles. The topological polar surface area (TPSA) is 487 Å². The van der Waals surface area contributed by atoms with E-state index in [0.717, 1.165) is 17.1 Å². The van der Waals surface area contributed by atoms with Crippen LogP contribution in [0.3, 0.4) is 0 Å². The van der Waals surface area contributed by atoms with Gasteiger partial charge < -0.3 is 110 Å². The lowest BCUT2D eigenvalue weighted by atomic mass is 9.89. The Labute approximate surface area is 627 Å². The van der Waals surface area contributed by atoms with Crippen LogP contribution in [0.4, 0.5) is 10.5 Å². The standard InChI is InChI=1S/C73H109N9O26/c1-15-38(8)55(46(102-13)30-51(87)81-29-19-22-45(81)62(103-14)39(9)65(94)74-40(10)63(42-20-17-16-18-21-42)107-72-61(93)58(90)59(91)64(108-72)70(99)100)79(11)69(98)53(36(4)5)78-68(97)54(37(6)7)80(12)73(101)105-33-41-23-25-43(26-24-41)75-66(95)44(34-104-71-60(92)57(89)56(88)47(32-83)106-71)76-67(96)52(35(2)3)77-48(84)31-82-49(85)27-28-50(82)86/h16-18,20-21,23-28,35-40,44-47,52-64,71-72,83,88-93H,15,19,22,29-34H2,1-14H3,(H,74,94)(H,75,95)(H,76,96)(H,77,84)(H,78,97)(H,99,100)/t38-,39+,40+,44-,45-,46+,47+,52-,53-,54-,55-,56+,57-,58-,59-,60+,61+,62+,63+,64-,71+,72+/m0/s1. The molecule has 4 aliphatic heterocycles. The van der Waals surface area contributed by atoms with E-state index >= 15 is 0 Å². The number of hydrogen-bond acceptors (Lipinski definition) is 25. The number of ether oxygens (including phenoxy) is 7. The normalized spacial score (nSPS) is 25.4. The molecule has 13 N–H and O–H groups in total. The molecule has 2 aromatic carbocycles. The number of carboxylic acids is 1. The molecule has 6 rings (SSSR count). The molecule has 602 valence electrons. The first kappa shape index (κ1) is 88.7. The molecular weight excluding hydrogens is 1420 g/mol. The molecule has 0 radical (unpaired) electrons. The van der Waals surface area contributed by atoms with Crippen LogP contribution in [0.25, 0.3) is 0 Å². The number of nitrogens with zero attached hydrogens (tertiary/aromatic N) is 4. The first-order valence-corrected chi connectivity index (χ1v) is 36.1. The van der Waals surface area contributed by atoms with E-state index in [2.05, 4.69) is 26.6 Å². The summed E-state index contributed by atoms with van der Waals surface area (Å²) in [6.07, 6.45) is -18.5. The predicted molar refractivity (Wildman–Crippen MR) is 381 cm³/mol. The second kappa shape index (κ2) is 40.5. The Kier molecular flexibility index (Phi) is 33.3. The average molecular weight is 1530 g/mol. The zero-order valence-electron chi connectivity index (χ0n) is 63.4. The van der Waals surface area contributed by atoms with Gasteiger partial charge in [-0.15, -0.1) is 0 Å². The van der Waals surface area contributed by atoms with Gasteiger partial charge in [0.25, 0.3) is 11.8 Å². The SMILES string of the molecule is CC[C@H](C)[C@@H]([C@@H](CC(=O)N1CCC[C@H]1[C@H](OC)[C@@H](C)C(=O)N[C@H](C)[C@@H](O[C@@H]1O[C@H](C(=O)O)[C@@H](O)[C@H](O)[C@H]1O)c1ccccc1)OC)N(C)C(=O)[C@@H](NC(=O)[C@H](C(C)C)N(C)C(=O)OCc1ccc(NC(=O)[C@H](CO[C@@H]2O[C@H](CO)[C@@H](O)[C@H](O)[C@H]2O)NC(=O)[C@@H](NC(=O)CN2C(=O)C=CC2=O)C(C)C)cc1)C(C)C. The number of rotatable bonds is 37. The van der Waals surface area contributed by atoms with Crippen LogP contribution in [-0.2, 0) is 87.7 Å². The molecule has 3 saturated heterocycles. The van der Waals surface area contributed by atoms with Crippen LogP contribution in [0.1, 0.15) is 112 Å². The van der Waals surface area contributed by atoms with Gasteiger partial charge in [0, 0.05) is 52.7 Å². The van der Waals surface area contributed by atoms with Gasteiger partial charge in [-0.3, -0.25) is 53.0 Å². The fourth-order valence-electron chi connectivity index (χ4n) is 13.7. The minimum atomic E-state index is -1.96. The summed E-state index contributed by atoms with van der Waals surface area (Å²) in [4.78, 5) is 154. The van der Waals surface area contributed by atoms with Gasteiger partial charge in [-0.05, 0) is 66.7 Å². The minimum absolute atomic E-state index is 0.141. The third kappa shape index (κ3) is 22.3. The second-order valence-electron chi connectivity index (χ2n) is 28.8. The molecule has 0 aromatic heterocycles. The Bertz CT molecular complexity index is 3410. The molecule has 4 aliphatic rings. The van der Waals surface area contributed by atoms with Crippen molar-refractivity contribution in [2.75, 3.05) is 59.9 Å². The molecule has 108 heavy (non-hydrogen) atoms. The van der Waals surface area contributed by atoms with Crippen molar-refractivity contribution in [2.45, 2.75) is 224 Å². The first-order valence-electron chi connectivity index (χ1n) is 36.1. The Morgan fingerprint density at radius 3 is 1.84 bits per heavy atom. The van der Waals surface area contributed by atoms with Crippen LogP contribution in [0.5, 0.6) is 0 Å². The number of aliphatic carboxylic acids is 1. The van der Waals surface area contributed by atoms with Crippen molar-refractivity contribution in [3.8, 4) is 0 Å². The zero-order chi connectivity index (χ0) is 80.5. The summed E-state index contributed by atoms with van der Waals surface area (Å²) in [5.41, 5.74) is 1.04. The van der Waals surface area contributed by atoms with Gasteiger partial charge >= 0.3 is 12.1 Å². The van der Waals surface area contributed by atoms with Crippen LogP contribution in [0, 0.1) is 29.6 Å². The molecule has 0 bridgehead atoms. The molecule has 0 unspecified atom stereocenters. The zero-order valence-corrected chi connectivity index (χ0v) is 63.4. The summed E-state index contributed by atoms with van der Waals surface area (Å²) in [6.45, 7) is 14.8. The highest BCUT2D eigenvalue weighted by atomic mass is 16.7. The number of likely N-dealkylation sites (N-methyl/N-ethyl adjacent to an activating group) is 2. The van der Waals surface area contributed by atoms with Gasteiger partial charge in [-0.1, -0.05) is 111 Å². The highest BCUT2D eigenvalue weighted by Gasteiger charge is 2.50. The molecular formula is C73H109N9O26. The number of hydrogen-bond donors (Lipinski definition) is 13. The molecule has 22 atom stereocenters.